The number of likely N-dealkylation sites (tertiary alicyclic amines) is 1. The van der Waals surface area contributed by atoms with Crippen molar-refractivity contribution in [1.82, 2.24) is 0 Å². The monoisotopic (exact) mass is 210 g/mol. The first-order valence-electron chi connectivity index (χ1n) is 6.76. The van der Waals surface area contributed by atoms with Crippen LogP contribution >= 0.6 is 0 Å². The van der Waals surface area contributed by atoms with E-state index >= 15 is 0 Å². The van der Waals surface area contributed by atoms with Crippen molar-refractivity contribution in [3.05, 3.63) is 0 Å². The summed E-state index contributed by atoms with van der Waals surface area (Å²) in [5, 5.41) is 0. The third kappa shape index (κ3) is 1.95. The molecule has 1 saturated heterocycles. The molecular formula is C14H28N+. The minimum Gasteiger partial charge on any atom is -0.324 e. The average molecular weight is 210 g/mol. The lowest BCUT2D eigenvalue weighted by Crippen LogP contribution is -2.48. The highest BCUT2D eigenvalue weighted by Crippen LogP contribution is 2.46. The fourth-order valence-corrected chi connectivity index (χ4v) is 3.82. The zero-order valence-corrected chi connectivity index (χ0v) is 11.2. The van der Waals surface area contributed by atoms with Crippen molar-refractivity contribution in [1.29, 1.82) is 0 Å². The van der Waals surface area contributed by atoms with E-state index < -0.39 is 0 Å². The van der Waals surface area contributed by atoms with Crippen LogP contribution in [0.25, 0.3) is 0 Å². The van der Waals surface area contributed by atoms with E-state index in [1.807, 2.05) is 0 Å². The fraction of sp³-hybridized carbons (Fsp3) is 1.00. The Morgan fingerprint density at radius 1 is 0.933 bits per heavy atom. The lowest BCUT2D eigenvalue weighted by molar-refractivity contribution is -0.921. The summed E-state index contributed by atoms with van der Waals surface area (Å²) in [6.45, 7) is 12.5. The molecule has 0 spiro atoms. The van der Waals surface area contributed by atoms with E-state index in [-0.39, 0.29) is 0 Å². The van der Waals surface area contributed by atoms with Crippen molar-refractivity contribution in [2.24, 2.45) is 23.7 Å². The molecule has 2 atom stereocenters. The maximum absolute atomic E-state index is 2.47. The zero-order valence-electron chi connectivity index (χ0n) is 11.2. The summed E-state index contributed by atoms with van der Waals surface area (Å²) in [6, 6.07) is 0.813. The molecular weight excluding hydrogens is 182 g/mol. The molecule has 1 heteroatoms. The lowest BCUT2D eigenvalue weighted by Gasteiger charge is -2.35. The molecule has 2 aliphatic rings. The van der Waals surface area contributed by atoms with Gasteiger partial charge in [-0.05, 0) is 38.5 Å². The van der Waals surface area contributed by atoms with Gasteiger partial charge in [0.2, 0.25) is 0 Å². The summed E-state index contributed by atoms with van der Waals surface area (Å²) in [5.74, 6) is 4.03. The van der Waals surface area contributed by atoms with Crippen LogP contribution in [-0.4, -0.2) is 30.7 Å². The van der Waals surface area contributed by atoms with Crippen LogP contribution in [0.2, 0.25) is 0 Å². The fourth-order valence-electron chi connectivity index (χ4n) is 3.82. The predicted molar refractivity (Wildman–Crippen MR) is 65.6 cm³/mol. The van der Waals surface area contributed by atoms with Gasteiger partial charge in [-0.1, -0.05) is 13.8 Å². The van der Waals surface area contributed by atoms with Crippen molar-refractivity contribution in [2.45, 2.75) is 46.6 Å². The molecule has 1 aliphatic carbocycles. The second-order valence-corrected chi connectivity index (χ2v) is 6.93. The Morgan fingerprint density at radius 2 is 1.40 bits per heavy atom. The second kappa shape index (κ2) is 3.76. The molecule has 0 amide bonds. The van der Waals surface area contributed by atoms with E-state index in [0.29, 0.717) is 0 Å². The first-order valence-corrected chi connectivity index (χ1v) is 6.76. The number of hydrogen-bond donors (Lipinski definition) is 0. The van der Waals surface area contributed by atoms with Gasteiger partial charge in [-0.3, -0.25) is 0 Å². The van der Waals surface area contributed by atoms with Gasteiger partial charge in [0.1, 0.15) is 0 Å². The number of nitrogens with zero attached hydrogens (tertiary/aromatic N) is 1. The first-order chi connectivity index (χ1) is 6.92. The summed E-state index contributed by atoms with van der Waals surface area (Å²) >= 11 is 0. The molecule has 1 heterocycles. The molecule has 2 unspecified atom stereocenters. The van der Waals surface area contributed by atoms with Gasteiger partial charge in [0.15, 0.2) is 0 Å². The van der Waals surface area contributed by atoms with Crippen molar-refractivity contribution >= 4 is 0 Å². The number of rotatable bonds is 2. The highest BCUT2D eigenvalue weighted by molar-refractivity contribution is 4.88. The van der Waals surface area contributed by atoms with Gasteiger partial charge >= 0.3 is 0 Å². The summed E-state index contributed by atoms with van der Waals surface area (Å²) in [5.41, 5.74) is 0. The Labute approximate surface area is 95.4 Å². The normalized spacial score (nSPS) is 45.4. The number of quaternary nitrogens is 1. The van der Waals surface area contributed by atoms with Crippen LogP contribution in [0.15, 0.2) is 0 Å². The molecule has 2 rings (SSSR count). The molecule has 0 radical (unpaired) electrons. The molecule has 0 aromatic heterocycles. The summed E-state index contributed by atoms with van der Waals surface area (Å²) in [4.78, 5) is 0. The third-order valence-corrected chi connectivity index (χ3v) is 5.37. The predicted octanol–water partition coefficient (Wildman–Crippen LogP) is 3.15. The summed E-state index contributed by atoms with van der Waals surface area (Å²) < 4.78 is 1.33. The SMILES string of the molecule is CC(C)C1CC2C[N+](C)(C(C)C)CC2C1. The Kier molecular flexibility index (Phi) is 2.87. The smallest absolute Gasteiger partial charge is 0.0831 e. The van der Waals surface area contributed by atoms with E-state index in [1.165, 1.54) is 30.4 Å². The minimum absolute atomic E-state index is 0.813. The molecule has 88 valence electrons. The Hall–Kier alpha value is -0.0400. The van der Waals surface area contributed by atoms with Crippen LogP contribution in [0.1, 0.15) is 40.5 Å². The van der Waals surface area contributed by atoms with Crippen LogP contribution in [0.5, 0.6) is 0 Å². The maximum Gasteiger partial charge on any atom is 0.0831 e. The van der Waals surface area contributed by atoms with E-state index in [9.17, 15) is 0 Å². The maximum atomic E-state index is 2.47. The van der Waals surface area contributed by atoms with Gasteiger partial charge < -0.3 is 4.48 Å². The topological polar surface area (TPSA) is 0 Å². The highest BCUT2D eigenvalue weighted by Gasteiger charge is 2.49. The lowest BCUT2D eigenvalue weighted by atomic mass is 9.92. The van der Waals surface area contributed by atoms with E-state index in [2.05, 4.69) is 34.7 Å². The molecule has 1 nitrogen and oxygen atoms in total. The highest BCUT2D eigenvalue weighted by atomic mass is 15.4. The van der Waals surface area contributed by atoms with Crippen molar-refractivity contribution in [2.75, 3.05) is 20.1 Å². The Morgan fingerprint density at radius 3 is 1.73 bits per heavy atom. The van der Waals surface area contributed by atoms with Crippen molar-refractivity contribution < 1.29 is 4.48 Å². The molecule has 1 aliphatic heterocycles. The largest absolute Gasteiger partial charge is 0.324 e. The van der Waals surface area contributed by atoms with Crippen LogP contribution < -0.4 is 0 Å². The van der Waals surface area contributed by atoms with Crippen LogP contribution in [0.3, 0.4) is 0 Å². The van der Waals surface area contributed by atoms with Crippen LogP contribution in [0, 0.1) is 23.7 Å². The molecule has 0 aromatic carbocycles. The quantitative estimate of drug-likeness (QED) is 0.614. The van der Waals surface area contributed by atoms with Crippen LogP contribution in [-0.2, 0) is 0 Å². The van der Waals surface area contributed by atoms with Gasteiger partial charge in [0, 0.05) is 11.8 Å². The van der Waals surface area contributed by atoms with Crippen molar-refractivity contribution in [3.8, 4) is 0 Å². The van der Waals surface area contributed by atoms with E-state index in [4.69, 9.17) is 0 Å². The molecule has 1 saturated carbocycles. The molecule has 0 bridgehead atoms. The van der Waals surface area contributed by atoms with Gasteiger partial charge in [0.25, 0.3) is 0 Å². The summed E-state index contributed by atoms with van der Waals surface area (Å²) in [6.07, 6.45) is 3.03. The molecule has 0 aromatic rings. The second-order valence-electron chi connectivity index (χ2n) is 6.93. The van der Waals surface area contributed by atoms with Gasteiger partial charge in [0.05, 0.1) is 26.2 Å². The van der Waals surface area contributed by atoms with Crippen LogP contribution in [0.4, 0.5) is 0 Å². The minimum atomic E-state index is 0.813. The first kappa shape index (κ1) is 11.4. The summed E-state index contributed by atoms with van der Waals surface area (Å²) in [7, 11) is 2.47. The molecule has 0 N–H and O–H groups in total. The van der Waals surface area contributed by atoms with E-state index in [0.717, 1.165) is 29.7 Å². The standard InChI is InChI=1S/C14H28N/c1-10(2)12-6-13-8-15(5,11(3)4)9-14(13)7-12/h10-14H,6-9H2,1-5H3/q+1. The molecule has 15 heavy (non-hydrogen) atoms. The van der Waals surface area contributed by atoms with Gasteiger partial charge in [-0.25, -0.2) is 0 Å². The number of hydrogen-bond acceptors (Lipinski definition) is 0. The van der Waals surface area contributed by atoms with E-state index in [1.54, 1.807) is 0 Å². The Balaban J connectivity index is 1.99. The van der Waals surface area contributed by atoms with Gasteiger partial charge in [-0.2, -0.15) is 0 Å². The molecule has 2 fully saturated rings. The van der Waals surface area contributed by atoms with Crippen molar-refractivity contribution in [3.63, 3.8) is 0 Å². The number of fused-ring (bicyclic) bond motifs is 1. The Bertz CT molecular complexity index is 217. The van der Waals surface area contributed by atoms with Gasteiger partial charge in [-0.15, -0.1) is 0 Å². The third-order valence-electron chi connectivity index (χ3n) is 5.37. The zero-order chi connectivity index (χ0) is 11.2. The average Bonchev–Trinajstić information content (AvgIpc) is 2.59.